The van der Waals surface area contributed by atoms with Crippen molar-refractivity contribution in [1.82, 2.24) is 10.3 Å². The van der Waals surface area contributed by atoms with Gasteiger partial charge in [-0.05, 0) is 24.5 Å². The minimum absolute atomic E-state index is 0.0754. The van der Waals surface area contributed by atoms with E-state index in [2.05, 4.69) is 10.3 Å². The lowest BCUT2D eigenvalue weighted by molar-refractivity contribution is -0.122. The number of carboxylic acids is 1. The summed E-state index contributed by atoms with van der Waals surface area (Å²) < 4.78 is 5.63. The van der Waals surface area contributed by atoms with Crippen LogP contribution >= 0.6 is 0 Å². The number of rotatable bonds is 7. The van der Waals surface area contributed by atoms with E-state index in [-0.39, 0.29) is 23.7 Å². The van der Waals surface area contributed by atoms with Gasteiger partial charge in [-0.25, -0.2) is 4.79 Å². The largest absolute Gasteiger partial charge is 0.478 e. The summed E-state index contributed by atoms with van der Waals surface area (Å²) in [5, 5.41) is 11.8. The van der Waals surface area contributed by atoms with Crippen LogP contribution < -0.4 is 16.8 Å². The van der Waals surface area contributed by atoms with Gasteiger partial charge in [0.25, 0.3) is 0 Å². The number of nitrogen functional groups attached to an aromatic ring is 1. The number of aromatic nitrogens is 1. The van der Waals surface area contributed by atoms with E-state index in [9.17, 15) is 9.59 Å². The van der Waals surface area contributed by atoms with Gasteiger partial charge >= 0.3 is 5.97 Å². The highest BCUT2D eigenvalue weighted by Gasteiger charge is 2.17. The number of aromatic carboxylic acids is 1. The van der Waals surface area contributed by atoms with Crippen molar-refractivity contribution in [3.63, 3.8) is 0 Å². The highest BCUT2D eigenvalue weighted by atomic mass is 16.4. The smallest absolute Gasteiger partial charge is 0.339 e. The van der Waals surface area contributed by atoms with E-state index in [1.54, 1.807) is 12.1 Å². The maximum absolute atomic E-state index is 11.9. The number of furan rings is 1. The van der Waals surface area contributed by atoms with E-state index in [1.807, 2.05) is 13.8 Å². The molecule has 0 saturated heterocycles. The quantitative estimate of drug-likeness (QED) is 0.596. The van der Waals surface area contributed by atoms with Crippen LogP contribution in [0.3, 0.4) is 0 Å². The molecule has 2 rings (SSSR count). The Bertz CT molecular complexity index is 770. The van der Waals surface area contributed by atoms with Crippen molar-refractivity contribution in [3.05, 3.63) is 35.9 Å². The van der Waals surface area contributed by atoms with Crippen molar-refractivity contribution < 1.29 is 19.1 Å². The van der Waals surface area contributed by atoms with E-state index in [0.29, 0.717) is 29.4 Å². The third kappa shape index (κ3) is 4.57. The molecule has 0 radical (unpaired) electrons. The van der Waals surface area contributed by atoms with Gasteiger partial charge < -0.3 is 26.3 Å². The molecule has 0 aliphatic rings. The minimum atomic E-state index is -1.16. The Morgan fingerprint density at radius 1 is 1.32 bits per heavy atom. The predicted octanol–water partition coefficient (Wildman–Crippen LogP) is 1.61. The molecule has 0 bridgehead atoms. The van der Waals surface area contributed by atoms with Crippen LogP contribution in [-0.2, 0) is 11.3 Å². The Balaban J connectivity index is 2.07. The van der Waals surface area contributed by atoms with Crippen LogP contribution in [0.25, 0.3) is 11.3 Å². The summed E-state index contributed by atoms with van der Waals surface area (Å²) in [4.78, 5) is 26.9. The SMILES string of the molecule is CC(C)C[C@H](N)C(=O)NCc1ccc(-c2cncc(C(=O)O)c2N)o1. The zero-order chi connectivity index (χ0) is 18.6. The van der Waals surface area contributed by atoms with E-state index >= 15 is 0 Å². The van der Waals surface area contributed by atoms with Gasteiger partial charge in [0.05, 0.1) is 23.8 Å². The first-order valence-electron chi connectivity index (χ1n) is 7.88. The first-order valence-corrected chi connectivity index (χ1v) is 7.88. The number of hydrogen-bond acceptors (Lipinski definition) is 6. The van der Waals surface area contributed by atoms with Gasteiger partial charge in [0.1, 0.15) is 17.1 Å². The molecule has 134 valence electrons. The molecule has 1 atom stereocenters. The average Bonchev–Trinajstić information content (AvgIpc) is 3.00. The lowest BCUT2D eigenvalue weighted by Gasteiger charge is -2.13. The number of carbonyl (C=O) groups excluding carboxylic acids is 1. The lowest BCUT2D eigenvalue weighted by Crippen LogP contribution is -2.40. The average molecular weight is 346 g/mol. The molecule has 0 aromatic carbocycles. The van der Waals surface area contributed by atoms with E-state index in [4.69, 9.17) is 21.0 Å². The van der Waals surface area contributed by atoms with Crippen LogP contribution in [-0.4, -0.2) is 28.0 Å². The molecule has 0 aliphatic heterocycles. The number of carbonyl (C=O) groups is 2. The van der Waals surface area contributed by atoms with Gasteiger partial charge in [-0.15, -0.1) is 0 Å². The zero-order valence-electron chi connectivity index (χ0n) is 14.2. The number of nitrogens with one attached hydrogen (secondary N) is 1. The Hall–Kier alpha value is -2.87. The molecule has 2 aromatic heterocycles. The fourth-order valence-electron chi connectivity index (χ4n) is 2.38. The number of nitrogens with two attached hydrogens (primary N) is 2. The molecule has 2 heterocycles. The maximum atomic E-state index is 11.9. The summed E-state index contributed by atoms with van der Waals surface area (Å²) in [6.45, 7) is 4.17. The number of amides is 1. The van der Waals surface area contributed by atoms with E-state index in [0.717, 1.165) is 0 Å². The fraction of sp³-hybridized carbons (Fsp3) is 0.353. The summed E-state index contributed by atoms with van der Waals surface area (Å²) in [6, 6.07) is 2.76. The van der Waals surface area contributed by atoms with Crippen LogP contribution in [0.2, 0.25) is 0 Å². The van der Waals surface area contributed by atoms with Crippen molar-refractivity contribution in [2.45, 2.75) is 32.9 Å². The lowest BCUT2D eigenvalue weighted by atomic mass is 10.0. The third-order valence-electron chi connectivity index (χ3n) is 3.64. The maximum Gasteiger partial charge on any atom is 0.339 e. The van der Waals surface area contributed by atoms with Crippen molar-refractivity contribution in [2.24, 2.45) is 11.7 Å². The topological polar surface area (TPSA) is 144 Å². The standard InChI is InChI=1S/C17H22N4O4/c1-9(2)5-13(18)16(22)21-6-10-3-4-14(25-10)11-7-20-8-12(15(11)19)17(23)24/h3-4,7-9,13H,5-6,18H2,1-2H3,(H2,19,20)(H,21,22)(H,23,24)/t13-/m0/s1. The monoisotopic (exact) mass is 346 g/mol. The first kappa shape index (κ1) is 18.5. The molecule has 8 heteroatoms. The molecule has 0 spiro atoms. The van der Waals surface area contributed by atoms with Gasteiger partial charge in [0.2, 0.25) is 5.91 Å². The van der Waals surface area contributed by atoms with Crippen LogP contribution in [0.4, 0.5) is 5.69 Å². The molecule has 25 heavy (non-hydrogen) atoms. The van der Waals surface area contributed by atoms with Crippen LogP contribution in [0.1, 0.15) is 36.4 Å². The third-order valence-corrected chi connectivity index (χ3v) is 3.64. The molecule has 0 saturated carbocycles. The summed E-state index contributed by atoms with van der Waals surface area (Å²) in [5.41, 5.74) is 12.1. The van der Waals surface area contributed by atoms with Gasteiger partial charge in [-0.2, -0.15) is 0 Å². The number of carboxylic acid groups (broad SMARTS) is 1. The minimum Gasteiger partial charge on any atom is -0.478 e. The highest BCUT2D eigenvalue weighted by Crippen LogP contribution is 2.29. The van der Waals surface area contributed by atoms with Gasteiger partial charge in [0.15, 0.2) is 0 Å². The molecule has 0 unspecified atom stereocenters. The molecule has 8 nitrogen and oxygen atoms in total. The highest BCUT2D eigenvalue weighted by molar-refractivity contribution is 5.97. The number of pyridine rings is 1. The fourth-order valence-corrected chi connectivity index (χ4v) is 2.38. The molecule has 2 aromatic rings. The van der Waals surface area contributed by atoms with Crippen LogP contribution in [0, 0.1) is 5.92 Å². The summed E-state index contributed by atoms with van der Waals surface area (Å²) in [5.74, 6) is -0.206. The second-order valence-electron chi connectivity index (χ2n) is 6.17. The van der Waals surface area contributed by atoms with Crippen LogP contribution in [0.5, 0.6) is 0 Å². The zero-order valence-corrected chi connectivity index (χ0v) is 14.2. The number of nitrogens with zero attached hydrogens (tertiary/aromatic N) is 1. The Kier molecular flexibility index (Phi) is 5.76. The Morgan fingerprint density at radius 3 is 2.68 bits per heavy atom. The molecular formula is C17H22N4O4. The number of anilines is 1. The molecule has 6 N–H and O–H groups in total. The van der Waals surface area contributed by atoms with Crippen molar-refractivity contribution in [2.75, 3.05) is 5.73 Å². The second kappa shape index (κ2) is 7.80. The Morgan fingerprint density at radius 2 is 2.04 bits per heavy atom. The van der Waals surface area contributed by atoms with E-state index in [1.165, 1.54) is 12.4 Å². The summed E-state index contributed by atoms with van der Waals surface area (Å²) >= 11 is 0. The van der Waals surface area contributed by atoms with E-state index < -0.39 is 12.0 Å². The second-order valence-corrected chi connectivity index (χ2v) is 6.17. The van der Waals surface area contributed by atoms with Crippen molar-refractivity contribution in [3.8, 4) is 11.3 Å². The molecule has 0 aliphatic carbocycles. The van der Waals surface area contributed by atoms with Gasteiger partial charge in [-0.1, -0.05) is 13.8 Å². The van der Waals surface area contributed by atoms with Crippen molar-refractivity contribution >= 4 is 17.6 Å². The molecular weight excluding hydrogens is 324 g/mol. The first-order chi connectivity index (χ1) is 11.8. The van der Waals surface area contributed by atoms with Gasteiger partial charge in [-0.3, -0.25) is 9.78 Å². The summed E-state index contributed by atoms with van der Waals surface area (Å²) in [7, 11) is 0. The molecule has 0 fully saturated rings. The predicted molar refractivity (Wildman–Crippen MR) is 92.6 cm³/mol. The van der Waals surface area contributed by atoms with Crippen LogP contribution in [0.15, 0.2) is 28.9 Å². The van der Waals surface area contributed by atoms with Crippen molar-refractivity contribution in [1.29, 1.82) is 0 Å². The Labute approximate surface area is 145 Å². The normalized spacial score (nSPS) is 12.2. The van der Waals surface area contributed by atoms with Gasteiger partial charge in [0, 0.05) is 12.4 Å². The summed E-state index contributed by atoms with van der Waals surface area (Å²) in [6.07, 6.45) is 3.21. The molecule has 1 amide bonds. The number of hydrogen-bond donors (Lipinski definition) is 4.